The largest absolute Gasteiger partial charge is 0.489 e. The second kappa shape index (κ2) is 9.59. The van der Waals surface area contributed by atoms with Crippen LogP contribution in [0.2, 0.25) is 0 Å². The predicted molar refractivity (Wildman–Crippen MR) is 102 cm³/mol. The van der Waals surface area contributed by atoms with Crippen LogP contribution >= 0.6 is 0 Å². The van der Waals surface area contributed by atoms with E-state index in [1.807, 2.05) is 30.3 Å². The third-order valence-electron chi connectivity index (χ3n) is 4.79. The number of para-hydroxylation sites is 1. The van der Waals surface area contributed by atoms with Gasteiger partial charge in [-0.05, 0) is 49.1 Å². The highest BCUT2D eigenvalue weighted by molar-refractivity contribution is 5.24. The minimum absolute atomic E-state index is 0.428. The molecule has 0 N–H and O–H groups in total. The zero-order chi connectivity index (χ0) is 17.3. The van der Waals surface area contributed by atoms with E-state index in [4.69, 9.17) is 9.47 Å². The first kappa shape index (κ1) is 18.0. The van der Waals surface area contributed by atoms with Crippen LogP contribution in [0.4, 0.5) is 0 Å². The van der Waals surface area contributed by atoms with Crippen LogP contribution in [0.15, 0.2) is 54.6 Å². The fourth-order valence-corrected chi connectivity index (χ4v) is 3.22. The maximum Gasteiger partial charge on any atom is 0.119 e. The summed E-state index contributed by atoms with van der Waals surface area (Å²) in [4.78, 5) is 2.54. The summed E-state index contributed by atoms with van der Waals surface area (Å²) in [5.74, 6) is 0.919. The van der Waals surface area contributed by atoms with E-state index in [-0.39, 0.29) is 0 Å². The molecule has 0 radical (unpaired) electrons. The van der Waals surface area contributed by atoms with Crippen molar-refractivity contribution in [3.05, 3.63) is 65.7 Å². The Morgan fingerprint density at radius 1 is 1.04 bits per heavy atom. The fourth-order valence-electron chi connectivity index (χ4n) is 3.22. The molecule has 0 saturated carbocycles. The van der Waals surface area contributed by atoms with Gasteiger partial charge < -0.3 is 9.47 Å². The first-order valence-corrected chi connectivity index (χ1v) is 9.43. The van der Waals surface area contributed by atoms with Crippen LogP contribution in [0.3, 0.4) is 0 Å². The first-order chi connectivity index (χ1) is 12.3. The van der Waals surface area contributed by atoms with E-state index in [2.05, 4.69) is 36.1 Å². The van der Waals surface area contributed by atoms with Crippen LogP contribution in [-0.4, -0.2) is 37.2 Å². The molecule has 1 atom stereocenters. The molecule has 1 saturated heterocycles. The van der Waals surface area contributed by atoms with Gasteiger partial charge in [-0.3, -0.25) is 4.90 Å². The van der Waals surface area contributed by atoms with Crippen molar-refractivity contribution >= 4 is 0 Å². The summed E-state index contributed by atoms with van der Waals surface area (Å²) in [6.07, 6.45) is 3.88. The number of ether oxygens (including phenoxy) is 2. The van der Waals surface area contributed by atoms with Crippen molar-refractivity contribution in [1.29, 1.82) is 0 Å². The molecule has 1 fully saturated rings. The zero-order valence-electron chi connectivity index (χ0n) is 15.2. The molecule has 0 bridgehead atoms. The van der Waals surface area contributed by atoms with Gasteiger partial charge in [0.05, 0.1) is 12.7 Å². The number of aryl methyl sites for hydroxylation is 1. The molecule has 0 spiro atoms. The Bertz CT molecular complexity index is 612. The van der Waals surface area contributed by atoms with Gasteiger partial charge in [-0.25, -0.2) is 0 Å². The fraction of sp³-hybridized carbons (Fsp3) is 0.455. The van der Waals surface area contributed by atoms with Gasteiger partial charge in [0.25, 0.3) is 0 Å². The molecule has 1 aliphatic heterocycles. The lowest BCUT2D eigenvalue weighted by Gasteiger charge is -2.32. The highest BCUT2D eigenvalue weighted by atomic mass is 16.5. The quantitative estimate of drug-likeness (QED) is 0.715. The van der Waals surface area contributed by atoms with Gasteiger partial charge in [0, 0.05) is 13.1 Å². The van der Waals surface area contributed by atoms with Crippen molar-refractivity contribution in [2.75, 3.05) is 26.2 Å². The average Bonchev–Trinajstić information content (AvgIpc) is 2.68. The maximum absolute atomic E-state index is 5.79. The molecule has 3 rings (SSSR count). The summed E-state index contributed by atoms with van der Waals surface area (Å²) in [5.41, 5.74) is 2.62. The molecule has 0 amide bonds. The highest BCUT2D eigenvalue weighted by Gasteiger charge is 2.18. The van der Waals surface area contributed by atoms with Gasteiger partial charge in [0.2, 0.25) is 0 Å². The molecule has 3 nitrogen and oxygen atoms in total. The number of morpholine rings is 1. The molecule has 2 aromatic carbocycles. The van der Waals surface area contributed by atoms with Crippen molar-refractivity contribution in [3.8, 4) is 5.75 Å². The van der Waals surface area contributed by atoms with Gasteiger partial charge in [-0.2, -0.15) is 0 Å². The predicted octanol–water partition coefficient (Wildman–Crippen LogP) is 4.31. The maximum atomic E-state index is 5.79. The topological polar surface area (TPSA) is 21.7 Å². The van der Waals surface area contributed by atoms with Crippen LogP contribution in [0, 0.1) is 0 Å². The van der Waals surface area contributed by atoms with Crippen LogP contribution < -0.4 is 4.74 Å². The Morgan fingerprint density at radius 3 is 2.56 bits per heavy atom. The number of nitrogens with zero attached hydrogens (tertiary/aromatic N) is 1. The molecule has 0 aromatic heterocycles. The Labute approximate surface area is 151 Å². The zero-order valence-corrected chi connectivity index (χ0v) is 15.2. The van der Waals surface area contributed by atoms with Gasteiger partial charge in [0.15, 0.2) is 0 Å². The number of benzene rings is 2. The van der Waals surface area contributed by atoms with Crippen molar-refractivity contribution in [3.63, 3.8) is 0 Å². The number of rotatable bonds is 8. The Hall–Kier alpha value is -1.84. The van der Waals surface area contributed by atoms with E-state index < -0.39 is 0 Å². The van der Waals surface area contributed by atoms with E-state index >= 15 is 0 Å². The second-order valence-corrected chi connectivity index (χ2v) is 6.72. The number of hydrogen-bond donors (Lipinski definition) is 0. The summed E-state index contributed by atoms with van der Waals surface area (Å²) in [6, 6.07) is 18.8. The second-order valence-electron chi connectivity index (χ2n) is 6.72. The molecule has 1 aliphatic rings. The van der Waals surface area contributed by atoms with Crippen LogP contribution in [-0.2, 0) is 17.8 Å². The third-order valence-corrected chi connectivity index (χ3v) is 4.79. The minimum atomic E-state index is 0.428. The summed E-state index contributed by atoms with van der Waals surface area (Å²) < 4.78 is 11.5. The average molecular weight is 339 g/mol. The standard InChI is InChI=1S/C22H29NO2/c1-2-21-17-23(15-16-24-21)14-6-7-19-10-12-20(13-11-19)18-25-22-8-4-3-5-9-22/h3-5,8-13,21H,2,6-7,14-18H2,1H3. The molecule has 1 heterocycles. The smallest absolute Gasteiger partial charge is 0.119 e. The van der Waals surface area contributed by atoms with Gasteiger partial charge >= 0.3 is 0 Å². The third kappa shape index (κ3) is 5.87. The summed E-state index contributed by atoms with van der Waals surface area (Å²) in [6.45, 7) is 7.04. The van der Waals surface area contributed by atoms with Crippen molar-refractivity contribution in [2.45, 2.75) is 38.9 Å². The molecule has 3 heteroatoms. The minimum Gasteiger partial charge on any atom is -0.489 e. The molecular weight excluding hydrogens is 310 g/mol. The lowest BCUT2D eigenvalue weighted by Crippen LogP contribution is -2.42. The van der Waals surface area contributed by atoms with E-state index in [0.717, 1.165) is 38.3 Å². The molecular formula is C22H29NO2. The summed E-state index contributed by atoms with van der Waals surface area (Å²) >= 11 is 0. The molecule has 134 valence electrons. The van der Waals surface area contributed by atoms with Crippen LogP contribution in [0.5, 0.6) is 5.75 Å². The van der Waals surface area contributed by atoms with E-state index in [1.165, 1.54) is 24.1 Å². The van der Waals surface area contributed by atoms with Crippen molar-refractivity contribution in [2.24, 2.45) is 0 Å². The van der Waals surface area contributed by atoms with E-state index in [1.54, 1.807) is 0 Å². The van der Waals surface area contributed by atoms with E-state index in [9.17, 15) is 0 Å². The molecule has 0 aliphatic carbocycles. The van der Waals surface area contributed by atoms with E-state index in [0.29, 0.717) is 12.7 Å². The monoisotopic (exact) mass is 339 g/mol. The SMILES string of the molecule is CCC1CN(CCCc2ccc(COc3ccccc3)cc2)CCO1. The Morgan fingerprint density at radius 2 is 1.80 bits per heavy atom. The van der Waals surface area contributed by atoms with Gasteiger partial charge in [0.1, 0.15) is 12.4 Å². The number of hydrogen-bond acceptors (Lipinski definition) is 3. The Kier molecular flexibility index (Phi) is 6.89. The first-order valence-electron chi connectivity index (χ1n) is 9.43. The Balaban J connectivity index is 1.39. The highest BCUT2D eigenvalue weighted by Crippen LogP contribution is 2.14. The summed E-state index contributed by atoms with van der Waals surface area (Å²) in [5, 5.41) is 0. The van der Waals surface area contributed by atoms with Crippen LogP contribution in [0.1, 0.15) is 30.9 Å². The van der Waals surface area contributed by atoms with Crippen LogP contribution in [0.25, 0.3) is 0 Å². The molecule has 2 aromatic rings. The van der Waals surface area contributed by atoms with Crippen molar-refractivity contribution < 1.29 is 9.47 Å². The normalized spacial score (nSPS) is 18.2. The van der Waals surface area contributed by atoms with Gasteiger partial charge in [-0.15, -0.1) is 0 Å². The lowest BCUT2D eigenvalue weighted by atomic mass is 10.1. The molecule has 1 unspecified atom stereocenters. The molecule has 25 heavy (non-hydrogen) atoms. The summed E-state index contributed by atoms with van der Waals surface area (Å²) in [7, 11) is 0. The van der Waals surface area contributed by atoms with Gasteiger partial charge in [-0.1, -0.05) is 49.4 Å². The van der Waals surface area contributed by atoms with Crippen molar-refractivity contribution in [1.82, 2.24) is 4.90 Å². The lowest BCUT2D eigenvalue weighted by molar-refractivity contribution is -0.0297.